The number of anilines is 2. The van der Waals surface area contributed by atoms with Crippen LogP contribution in [0.1, 0.15) is 11.1 Å². The van der Waals surface area contributed by atoms with Crippen LogP contribution in [0.3, 0.4) is 0 Å². The molecular formula is C21H12F18I5N2O2VY-. The predicted octanol–water partition coefficient (Wildman–Crippen LogP) is 12.5. The summed E-state index contributed by atoms with van der Waals surface area (Å²) in [4.78, 5) is 0. The molecule has 2 rings (SSSR count). The summed E-state index contributed by atoms with van der Waals surface area (Å²) in [7, 11) is 0.628. The summed E-state index contributed by atoms with van der Waals surface area (Å²) < 4.78 is 233. The minimum Gasteiger partial charge on any atom is 0 e. The topological polar surface area (TPSA) is 70.5 Å². The fraction of sp³-hybridized carbons (Fsp3) is 0.429. The first kappa shape index (κ1) is 56.1. The van der Waals surface area contributed by atoms with Crippen molar-refractivity contribution in [2.75, 3.05) is 11.5 Å². The number of nitrogen functional groups attached to an aromatic ring is 2. The average Bonchev–Trinajstić information content (AvgIpc) is 2.87. The number of halogens is 23. The molecule has 4 N–H and O–H groups in total. The molecule has 0 amide bonds. The van der Waals surface area contributed by atoms with Crippen LogP contribution in [0, 0.1) is 6.07 Å². The monoisotopic (exact) mass is 1440 g/mol. The van der Waals surface area contributed by atoms with Gasteiger partial charge in [0.25, 0.3) is 5.67 Å². The van der Waals surface area contributed by atoms with Crippen LogP contribution in [-0.4, -0.2) is 37.9 Å². The normalized spacial score (nSPS) is 12.4. The van der Waals surface area contributed by atoms with Crippen molar-refractivity contribution in [1.82, 2.24) is 0 Å². The van der Waals surface area contributed by atoms with Crippen LogP contribution in [0.5, 0.6) is 11.5 Å². The fourth-order valence-corrected chi connectivity index (χ4v) is 2.80. The molecule has 0 unspecified atom stereocenters. The Bertz CT molecular complexity index is 1180. The summed E-state index contributed by atoms with van der Waals surface area (Å²) in [6.07, 6.45) is -25.5. The Balaban J connectivity index is -0.000000731. The van der Waals surface area contributed by atoms with Crippen LogP contribution in [-0.2, 0) is 53.5 Å². The Morgan fingerprint density at radius 1 is 0.600 bits per heavy atom. The van der Waals surface area contributed by atoms with E-state index in [-0.39, 0.29) is 57.0 Å². The molecule has 288 valence electrons. The molecule has 29 heteroatoms. The van der Waals surface area contributed by atoms with E-state index in [1.165, 1.54) is 0 Å². The molecule has 0 heterocycles. The van der Waals surface area contributed by atoms with Crippen LogP contribution >= 0.6 is 108 Å². The molecular weight excluding hydrogens is 1430 g/mol. The first-order valence-electron chi connectivity index (χ1n) is 10.9. The van der Waals surface area contributed by atoms with Gasteiger partial charge in [0.1, 0.15) is 5.69 Å². The van der Waals surface area contributed by atoms with Crippen LogP contribution < -0.4 is 20.9 Å². The van der Waals surface area contributed by atoms with Gasteiger partial charge in [0.05, 0.1) is 5.69 Å². The van der Waals surface area contributed by atoms with Gasteiger partial charge in [0.15, 0.2) is 0 Å². The molecule has 0 saturated heterocycles. The van der Waals surface area contributed by atoms with E-state index in [9.17, 15) is 79.0 Å². The van der Waals surface area contributed by atoms with Crippen molar-refractivity contribution < 1.29 is 131 Å². The number of benzene rings is 2. The minimum absolute atomic E-state index is 0. The largest absolute Gasteiger partial charge is 0 e. The molecule has 0 aliphatic heterocycles. The molecule has 0 aliphatic carbocycles. The van der Waals surface area contributed by atoms with Crippen molar-refractivity contribution in [2.24, 2.45) is 0 Å². The second kappa shape index (κ2) is 23.1. The molecule has 0 bridgehead atoms. The Morgan fingerprint density at radius 3 is 1.22 bits per heavy atom. The van der Waals surface area contributed by atoms with Gasteiger partial charge in [-0.05, 0) is 17.8 Å². The quantitative estimate of drug-likeness (QED) is 0.0994. The number of rotatable bonds is 6. The van der Waals surface area contributed by atoms with E-state index in [0.29, 0.717) is 15.5 Å². The maximum Gasteiger partial charge on any atom is 0 e. The van der Waals surface area contributed by atoms with Gasteiger partial charge < -0.3 is 20.9 Å². The van der Waals surface area contributed by atoms with Gasteiger partial charge in [-0.3, -0.25) is 0 Å². The molecule has 50 heavy (non-hydrogen) atoms. The molecule has 1 radical (unpaired) electrons. The first-order chi connectivity index (χ1) is 21.8. The van der Waals surface area contributed by atoms with Crippen LogP contribution in [0.4, 0.5) is 90.4 Å². The number of alkyl halides is 21. The SMILES string of the molecule is IC(I)I.Nc1[c-]cc(C(F)(C(F)(F)F)C(F)(F)F)cc1OC(F)F.Nc1ccc(C(F)(C(F)(F)F)C(F)(F)F)cc1OC(F)F.[I][V][I].[Y]. The molecule has 0 spiro atoms. The van der Waals surface area contributed by atoms with Gasteiger partial charge in [0.2, 0.25) is 0 Å². The standard InChI is InChI=1S/C10H6F9NO.C10H5F9NO.CHI3.2HI.V.Y/c2*11-7(12)21-6-3-4(1-2-5(6)20)8(13,9(14,15)16)10(17,18)19;2-1(3)4;;;;/h1-3,7H,20H2;1,3,7H,20H2;1H;2*1H;;/q;-1;;;;+2;/p-2. The van der Waals surface area contributed by atoms with Crippen molar-refractivity contribution in [3.05, 3.63) is 47.5 Å². The van der Waals surface area contributed by atoms with Gasteiger partial charge in [-0.15, -0.1) is 6.07 Å². The Hall–Kier alpha value is 1.72. The molecule has 2 aromatic carbocycles. The number of hydrogen-bond acceptors (Lipinski definition) is 4. The van der Waals surface area contributed by atoms with Crippen LogP contribution in [0.15, 0.2) is 30.3 Å². The van der Waals surface area contributed by atoms with Gasteiger partial charge in [-0.2, -0.15) is 82.4 Å². The third kappa shape index (κ3) is 16.8. The number of nitrogens with two attached hydrogens (primary N) is 2. The van der Waals surface area contributed by atoms with Crippen molar-refractivity contribution in [3.63, 3.8) is 0 Å². The fourth-order valence-electron chi connectivity index (χ4n) is 2.80. The molecule has 4 nitrogen and oxygen atoms in total. The maximum absolute atomic E-state index is 13.7. The summed E-state index contributed by atoms with van der Waals surface area (Å²) in [5.41, 5.74) is -6.92. The van der Waals surface area contributed by atoms with E-state index >= 15 is 0 Å². The second-order valence-electron chi connectivity index (χ2n) is 7.80. The summed E-state index contributed by atoms with van der Waals surface area (Å²) in [5.74, 6) is -2.45. The van der Waals surface area contributed by atoms with E-state index in [2.05, 4.69) is 117 Å². The summed E-state index contributed by atoms with van der Waals surface area (Å²) >= 11 is 11.7. The van der Waals surface area contributed by atoms with Gasteiger partial charge in [0, 0.05) is 44.0 Å². The third-order valence-corrected chi connectivity index (χ3v) is 4.74. The van der Waals surface area contributed by atoms with Gasteiger partial charge >= 0.3 is 93.0 Å². The number of hydrogen-bond donors (Lipinski definition) is 2. The second-order valence-corrected chi connectivity index (χ2v) is 30.5. The molecule has 0 aromatic heterocycles. The summed E-state index contributed by atoms with van der Waals surface area (Å²) in [5, 5.41) is 0. The molecule has 0 atom stereocenters. The smallest absolute Gasteiger partial charge is 0 e. The molecule has 0 saturated carbocycles. The first-order valence-corrected chi connectivity index (χ1v) is 23.6. The van der Waals surface area contributed by atoms with E-state index < -0.39 is 83.3 Å². The van der Waals surface area contributed by atoms with Crippen LogP contribution in [0.25, 0.3) is 0 Å². The maximum atomic E-state index is 13.7. The Labute approximate surface area is 364 Å². The molecule has 0 fully saturated rings. The summed E-state index contributed by atoms with van der Waals surface area (Å²) in [6, 6.07) is 1.70. The van der Waals surface area contributed by atoms with Crippen molar-refractivity contribution in [3.8, 4) is 11.5 Å². The Morgan fingerprint density at radius 2 is 0.900 bits per heavy atom. The average molecular weight is 1440 g/mol. The van der Waals surface area contributed by atoms with E-state index in [1.807, 2.05) is 0 Å². The molecule has 2 aromatic rings. The Kier molecular flexibility index (Phi) is 25.9. The van der Waals surface area contributed by atoms with Crippen molar-refractivity contribution in [2.45, 2.75) is 49.2 Å². The van der Waals surface area contributed by atoms with E-state index in [4.69, 9.17) is 11.5 Å². The third-order valence-electron chi connectivity index (χ3n) is 4.74. The van der Waals surface area contributed by atoms with Crippen molar-refractivity contribution >= 4 is 119 Å². The van der Waals surface area contributed by atoms with E-state index in [1.54, 1.807) is 6.07 Å². The van der Waals surface area contributed by atoms with E-state index in [0.717, 1.165) is -0.0619 Å². The minimum atomic E-state index is -6.38. The number of ether oxygens (including phenoxy) is 2. The zero-order valence-corrected chi connectivity index (χ0v) is 37.8. The van der Waals surface area contributed by atoms with Gasteiger partial charge in [-0.25, -0.2) is 8.78 Å². The zero-order valence-electron chi connectivity index (χ0n) is 22.8. The predicted molar refractivity (Wildman–Crippen MR) is 177 cm³/mol. The van der Waals surface area contributed by atoms with Crippen LogP contribution in [0.2, 0.25) is 0 Å². The van der Waals surface area contributed by atoms with Gasteiger partial charge in [-0.1, -0.05) is 79.4 Å². The summed E-state index contributed by atoms with van der Waals surface area (Å²) in [6.45, 7) is -7.14. The molecule has 0 aliphatic rings. The van der Waals surface area contributed by atoms with Crippen molar-refractivity contribution in [1.29, 1.82) is 0 Å². The zero-order chi connectivity index (χ0) is 39.6.